The van der Waals surface area contributed by atoms with Gasteiger partial charge in [0.25, 0.3) is 5.91 Å². The summed E-state index contributed by atoms with van der Waals surface area (Å²) in [5.74, 6) is 6.12. The molecule has 2 aliphatic carbocycles. The summed E-state index contributed by atoms with van der Waals surface area (Å²) >= 11 is 0. The van der Waals surface area contributed by atoms with Crippen LogP contribution in [-0.2, 0) is 26.2 Å². The monoisotopic (exact) mass is 554 g/mol. The molecule has 2 fully saturated rings. The average Bonchev–Trinajstić information content (AvgIpc) is 3.29. The van der Waals surface area contributed by atoms with Crippen LogP contribution in [0.2, 0.25) is 0 Å². The van der Waals surface area contributed by atoms with Gasteiger partial charge in [-0.15, -0.1) is 6.58 Å². The number of piperidine rings is 1. The number of phenols is 1. The minimum absolute atomic E-state index is 0.0692. The number of likely N-dealkylation sites (tertiary alicyclic amines) is 1. The SMILES string of the molecule is C=CCN1CC[C@]23c4c5ccc(O)c4O[C@H]2[C@@H](N(CC(C)C)C(=O)C#Cc2ccccc2)CC[C@@]3(OC(C)=O)[C@H]1C5. The Morgan fingerprint density at radius 3 is 2.73 bits per heavy atom. The van der Waals surface area contributed by atoms with Gasteiger partial charge in [0.15, 0.2) is 11.5 Å². The van der Waals surface area contributed by atoms with Gasteiger partial charge in [-0.25, -0.2) is 0 Å². The van der Waals surface area contributed by atoms with Crippen LogP contribution in [-0.4, -0.2) is 70.2 Å². The lowest BCUT2D eigenvalue weighted by Gasteiger charge is -2.65. The second kappa shape index (κ2) is 10.3. The first-order chi connectivity index (χ1) is 19.7. The lowest BCUT2D eigenvalue weighted by Crippen LogP contribution is -2.79. The van der Waals surface area contributed by atoms with E-state index in [1.165, 1.54) is 6.92 Å². The van der Waals surface area contributed by atoms with Gasteiger partial charge in [-0.2, -0.15) is 0 Å². The highest BCUT2D eigenvalue weighted by atomic mass is 16.6. The Morgan fingerprint density at radius 1 is 1.24 bits per heavy atom. The molecule has 2 aromatic carbocycles. The summed E-state index contributed by atoms with van der Waals surface area (Å²) in [6.45, 7) is 11.6. The van der Waals surface area contributed by atoms with Crippen LogP contribution >= 0.6 is 0 Å². The molecule has 1 amide bonds. The summed E-state index contributed by atoms with van der Waals surface area (Å²) in [4.78, 5) is 30.9. The number of hydrogen-bond donors (Lipinski definition) is 1. The van der Waals surface area contributed by atoms with Gasteiger partial charge in [0.1, 0.15) is 11.7 Å². The zero-order chi connectivity index (χ0) is 28.9. The van der Waals surface area contributed by atoms with E-state index in [1.54, 1.807) is 6.07 Å². The van der Waals surface area contributed by atoms with Gasteiger partial charge >= 0.3 is 5.97 Å². The van der Waals surface area contributed by atoms with Crippen LogP contribution < -0.4 is 4.74 Å². The molecule has 7 heteroatoms. The highest BCUT2D eigenvalue weighted by molar-refractivity contribution is 5.94. The van der Waals surface area contributed by atoms with Crippen LogP contribution in [0.1, 0.15) is 56.7 Å². The maximum Gasteiger partial charge on any atom is 0.303 e. The van der Waals surface area contributed by atoms with E-state index in [0.29, 0.717) is 44.5 Å². The molecule has 0 aromatic heterocycles. The molecule has 2 bridgehead atoms. The first-order valence-corrected chi connectivity index (χ1v) is 14.7. The Morgan fingerprint density at radius 2 is 2.02 bits per heavy atom. The maximum absolute atomic E-state index is 13.9. The summed E-state index contributed by atoms with van der Waals surface area (Å²) in [6.07, 6.45) is 3.94. The fraction of sp³-hybridized carbons (Fsp3) is 0.471. The van der Waals surface area contributed by atoms with Crippen molar-refractivity contribution in [1.29, 1.82) is 0 Å². The molecular weight excluding hydrogens is 516 g/mol. The molecule has 1 spiro atoms. The minimum atomic E-state index is -0.852. The number of carbonyl (C=O) groups is 2. The second-order valence-electron chi connectivity index (χ2n) is 12.3. The third-order valence-electron chi connectivity index (χ3n) is 9.50. The Labute approximate surface area is 242 Å². The predicted molar refractivity (Wildman–Crippen MR) is 155 cm³/mol. The van der Waals surface area contributed by atoms with Crippen molar-refractivity contribution < 1.29 is 24.2 Å². The van der Waals surface area contributed by atoms with Crippen molar-refractivity contribution in [2.24, 2.45) is 5.92 Å². The quantitative estimate of drug-likeness (QED) is 0.328. The topological polar surface area (TPSA) is 79.3 Å². The fourth-order valence-corrected chi connectivity index (χ4v) is 8.22. The van der Waals surface area contributed by atoms with E-state index in [2.05, 4.69) is 37.2 Å². The summed E-state index contributed by atoms with van der Waals surface area (Å²) in [5.41, 5.74) is 1.29. The number of carbonyl (C=O) groups excluding carboxylic acids is 2. The molecule has 1 N–H and O–H groups in total. The van der Waals surface area contributed by atoms with E-state index in [0.717, 1.165) is 23.2 Å². The number of rotatable bonds is 6. The third kappa shape index (κ3) is 4.15. The molecule has 1 saturated carbocycles. The van der Waals surface area contributed by atoms with Crippen molar-refractivity contribution in [3.63, 3.8) is 0 Å². The molecule has 0 radical (unpaired) electrons. The molecule has 1 saturated heterocycles. The summed E-state index contributed by atoms with van der Waals surface area (Å²) < 4.78 is 13.3. The van der Waals surface area contributed by atoms with E-state index in [-0.39, 0.29) is 35.6 Å². The van der Waals surface area contributed by atoms with Crippen molar-refractivity contribution >= 4 is 11.9 Å². The Kier molecular flexibility index (Phi) is 6.86. The fourth-order valence-electron chi connectivity index (χ4n) is 8.22. The molecule has 7 nitrogen and oxygen atoms in total. The highest BCUT2D eigenvalue weighted by Gasteiger charge is 2.75. The van der Waals surface area contributed by atoms with E-state index in [4.69, 9.17) is 9.47 Å². The molecule has 41 heavy (non-hydrogen) atoms. The summed E-state index contributed by atoms with van der Waals surface area (Å²) in [7, 11) is 0. The van der Waals surface area contributed by atoms with Crippen LogP contribution in [0.15, 0.2) is 55.1 Å². The van der Waals surface area contributed by atoms with Gasteiger partial charge in [0, 0.05) is 43.6 Å². The molecule has 4 aliphatic rings. The van der Waals surface area contributed by atoms with Gasteiger partial charge in [0.2, 0.25) is 0 Å². The van der Waals surface area contributed by atoms with Crippen molar-refractivity contribution in [3.05, 3.63) is 71.8 Å². The summed E-state index contributed by atoms with van der Waals surface area (Å²) in [5, 5.41) is 11.0. The van der Waals surface area contributed by atoms with Gasteiger partial charge in [-0.3, -0.25) is 14.5 Å². The standard InChI is InChI=1S/C34H38N2O5/c1-5-18-35-19-17-33-30-25-12-13-27(38)31(30)40-32(33)26(15-16-34(33,28(35)20-25)41-23(4)37)36(21-22(2)3)29(39)14-11-24-9-7-6-8-10-24/h5-10,12-13,22,26,28,32,38H,1,15-21H2,2-4H3/t26-,28+,32-,33-,34+/m0/s1. The highest BCUT2D eigenvalue weighted by Crippen LogP contribution is 2.67. The van der Waals surface area contributed by atoms with Crippen LogP contribution in [0, 0.1) is 17.8 Å². The largest absolute Gasteiger partial charge is 0.504 e. The van der Waals surface area contributed by atoms with Crippen molar-refractivity contribution in [2.75, 3.05) is 19.6 Å². The number of hydrogen-bond acceptors (Lipinski definition) is 6. The molecular formula is C34H38N2O5. The maximum atomic E-state index is 13.9. The number of aromatic hydroxyl groups is 1. The van der Waals surface area contributed by atoms with Crippen LogP contribution in [0.3, 0.4) is 0 Å². The van der Waals surface area contributed by atoms with Crippen LogP contribution in [0.5, 0.6) is 11.5 Å². The van der Waals surface area contributed by atoms with Gasteiger partial charge in [-0.1, -0.05) is 50.1 Å². The van der Waals surface area contributed by atoms with Crippen LogP contribution in [0.25, 0.3) is 0 Å². The van der Waals surface area contributed by atoms with E-state index in [1.807, 2.05) is 47.4 Å². The Bertz CT molecular complexity index is 1440. The minimum Gasteiger partial charge on any atom is -0.504 e. The molecule has 214 valence electrons. The first-order valence-electron chi connectivity index (χ1n) is 14.7. The molecule has 2 heterocycles. The number of nitrogens with zero attached hydrogens (tertiary/aromatic N) is 2. The number of esters is 1. The zero-order valence-corrected chi connectivity index (χ0v) is 24.1. The van der Waals surface area contributed by atoms with Gasteiger partial charge in [-0.05, 0) is 55.4 Å². The summed E-state index contributed by atoms with van der Waals surface area (Å²) in [6, 6.07) is 12.8. The van der Waals surface area contributed by atoms with Crippen molar-refractivity contribution in [1.82, 2.24) is 9.80 Å². The Hall–Kier alpha value is -3.76. The number of benzene rings is 2. The number of ether oxygens (including phenoxy) is 2. The lowest BCUT2D eigenvalue weighted by molar-refractivity contribution is -0.223. The second-order valence-corrected chi connectivity index (χ2v) is 12.3. The third-order valence-corrected chi connectivity index (χ3v) is 9.50. The first kappa shape index (κ1) is 27.4. The predicted octanol–water partition coefficient (Wildman–Crippen LogP) is 4.21. The molecule has 5 atom stereocenters. The molecule has 2 aliphatic heterocycles. The van der Waals surface area contributed by atoms with Crippen molar-refractivity contribution in [3.8, 4) is 23.3 Å². The number of phenolic OH excluding ortho intramolecular Hbond substituents is 1. The zero-order valence-electron chi connectivity index (χ0n) is 24.1. The smallest absolute Gasteiger partial charge is 0.303 e. The van der Waals surface area contributed by atoms with E-state index < -0.39 is 17.1 Å². The molecule has 2 aromatic rings. The Balaban J connectivity index is 1.49. The average molecular weight is 555 g/mol. The van der Waals surface area contributed by atoms with Gasteiger partial charge < -0.3 is 19.5 Å². The molecule has 0 unspecified atom stereocenters. The van der Waals surface area contributed by atoms with Crippen LogP contribution in [0.4, 0.5) is 0 Å². The van der Waals surface area contributed by atoms with E-state index in [9.17, 15) is 14.7 Å². The van der Waals surface area contributed by atoms with E-state index >= 15 is 0 Å². The van der Waals surface area contributed by atoms with Gasteiger partial charge in [0.05, 0.1) is 17.5 Å². The number of amides is 1. The normalized spacial score (nSPS) is 29.0. The lowest BCUT2D eigenvalue weighted by atomic mass is 9.48. The molecule has 6 rings (SSSR count). The van der Waals surface area contributed by atoms with Crippen molar-refractivity contribution in [2.45, 2.75) is 75.7 Å².